The Morgan fingerprint density at radius 1 is 1.38 bits per heavy atom. The second kappa shape index (κ2) is 7.35. The van der Waals surface area contributed by atoms with E-state index < -0.39 is 4.92 Å². The Morgan fingerprint density at radius 3 is 2.92 bits per heavy atom. The summed E-state index contributed by atoms with van der Waals surface area (Å²) in [6.07, 6.45) is 0.603. The number of anilines is 1. The highest BCUT2D eigenvalue weighted by Gasteiger charge is 2.14. The van der Waals surface area contributed by atoms with E-state index in [-0.39, 0.29) is 22.9 Å². The number of thioether (sulfide) groups is 1. The van der Waals surface area contributed by atoms with Crippen LogP contribution in [0.15, 0.2) is 40.3 Å². The normalized spacial score (nSPS) is 10.8. The number of aromatic amines is 1. The van der Waals surface area contributed by atoms with Crippen molar-refractivity contribution >= 4 is 34.8 Å². The van der Waals surface area contributed by atoms with E-state index in [0.29, 0.717) is 23.0 Å². The van der Waals surface area contributed by atoms with Crippen LogP contribution in [0.4, 0.5) is 11.4 Å². The maximum absolute atomic E-state index is 12.1. The summed E-state index contributed by atoms with van der Waals surface area (Å²) in [6.45, 7) is 1.90. The molecule has 0 saturated heterocycles. The number of non-ortho nitro benzene ring substituents is 1. The summed E-state index contributed by atoms with van der Waals surface area (Å²) in [7, 11) is 0. The lowest BCUT2D eigenvalue weighted by Gasteiger charge is -2.06. The molecule has 0 saturated carbocycles. The highest BCUT2D eigenvalue weighted by atomic mass is 32.2. The zero-order valence-corrected chi connectivity index (χ0v) is 14.4. The van der Waals surface area contributed by atoms with Gasteiger partial charge in [0, 0.05) is 29.6 Å². The minimum Gasteiger partial charge on any atom is -0.325 e. The molecule has 1 amide bonds. The van der Waals surface area contributed by atoms with E-state index in [1.54, 1.807) is 10.5 Å². The lowest BCUT2D eigenvalue weighted by atomic mass is 10.3. The Bertz CT molecular complexity index is 1040. The topological polar surface area (TPSA) is 135 Å². The van der Waals surface area contributed by atoms with Crippen molar-refractivity contribution in [2.45, 2.75) is 18.5 Å². The summed E-state index contributed by atoms with van der Waals surface area (Å²) in [5, 5.41) is 21.8. The van der Waals surface area contributed by atoms with Crippen molar-refractivity contribution in [1.29, 1.82) is 0 Å². The van der Waals surface area contributed by atoms with Gasteiger partial charge in [-0.15, -0.1) is 10.2 Å². The highest BCUT2D eigenvalue weighted by molar-refractivity contribution is 7.99. The minimum atomic E-state index is -0.528. The number of carbonyl (C=O) groups is 1. The quantitative estimate of drug-likeness (QED) is 0.380. The van der Waals surface area contributed by atoms with Crippen LogP contribution < -0.4 is 10.9 Å². The smallest absolute Gasteiger partial charge is 0.271 e. The van der Waals surface area contributed by atoms with Crippen LogP contribution in [0.25, 0.3) is 5.78 Å². The molecule has 0 aliphatic rings. The monoisotopic (exact) mass is 374 g/mol. The average molecular weight is 374 g/mol. The standard InChI is InChI=1S/C15H14N6O4S/c1-2-10-7-12(22)17-14-18-19-15(20(10)14)26-8-13(23)16-9-4-3-5-11(6-9)21(24)25/h3-7H,2,8H2,1H3,(H,16,23)(H,17,18,22). The summed E-state index contributed by atoms with van der Waals surface area (Å²) >= 11 is 1.15. The number of aryl methyl sites for hydroxylation is 1. The minimum absolute atomic E-state index is 0.0335. The number of amides is 1. The number of carbonyl (C=O) groups excluding carboxylic acids is 1. The molecule has 11 heteroatoms. The molecule has 2 heterocycles. The first-order chi connectivity index (χ1) is 12.5. The van der Waals surface area contributed by atoms with E-state index in [4.69, 9.17) is 0 Å². The fraction of sp³-hybridized carbons (Fsp3) is 0.200. The molecule has 2 N–H and O–H groups in total. The van der Waals surface area contributed by atoms with Crippen molar-refractivity contribution in [3.05, 3.63) is 56.5 Å². The van der Waals surface area contributed by atoms with Crippen molar-refractivity contribution in [2.75, 3.05) is 11.1 Å². The Balaban J connectivity index is 1.72. The van der Waals surface area contributed by atoms with Gasteiger partial charge < -0.3 is 5.32 Å². The van der Waals surface area contributed by atoms with Crippen molar-refractivity contribution in [3.8, 4) is 0 Å². The Labute approximate surface area is 150 Å². The lowest BCUT2D eigenvalue weighted by molar-refractivity contribution is -0.384. The van der Waals surface area contributed by atoms with Gasteiger partial charge in [0.2, 0.25) is 11.7 Å². The van der Waals surface area contributed by atoms with E-state index in [1.807, 2.05) is 6.92 Å². The third kappa shape index (κ3) is 3.72. The van der Waals surface area contributed by atoms with Crippen LogP contribution in [0, 0.1) is 10.1 Å². The van der Waals surface area contributed by atoms with Gasteiger partial charge in [-0.1, -0.05) is 24.8 Å². The van der Waals surface area contributed by atoms with Gasteiger partial charge in [0.1, 0.15) is 0 Å². The molecular formula is C15H14N6O4S. The number of rotatable bonds is 6. The zero-order valence-electron chi connectivity index (χ0n) is 13.6. The fourth-order valence-corrected chi connectivity index (χ4v) is 3.11. The number of hydrogen-bond donors (Lipinski definition) is 2. The molecule has 26 heavy (non-hydrogen) atoms. The molecule has 2 aromatic heterocycles. The Morgan fingerprint density at radius 2 is 2.19 bits per heavy atom. The highest BCUT2D eigenvalue weighted by Crippen LogP contribution is 2.20. The first-order valence-corrected chi connectivity index (χ1v) is 8.61. The van der Waals surface area contributed by atoms with E-state index in [1.165, 1.54) is 24.3 Å². The molecule has 10 nitrogen and oxygen atoms in total. The molecule has 0 radical (unpaired) electrons. The van der Waals surface area contributed by atoms with Gasteiger partial charge in [0.25, 0.3) is 11.2 Å². The van der Waals surface area contributed by atoms with Crippen LogP contribution in [-0.2, 0) is 11.2 Å². The molecular weight excluding hydrogens is 360 g/mol. The van der Waals surface area contributed by atoms with E-state index in [0.717, 1.165) is 17.5 Å². The van der Waals surface area contributed by atoms with Gasteiger partial charge in [0.05, 0.1) is 10.7 Å². The maximum atomic E-state index is 12.1. The molecule has 0 bridgehead atoms. The van der Waals surface area contributed by atoms with Crippen LogP contribution >= 0.6 is 11.8 Å². The number of nitro benzene ring substituents is 1. The van der Waals surface area contributed by atoms with E-state index in [9.17, 15) is 19.7 Å². The van der Waals surface area contributed by atoms with Gasteiger partial charge in [-0.3, -0.25) is 29.1 Å². The summed E-state index contributed by atoms with van der Waals surface area (Å²) in [4.78, 5) is 36.5. The molecule has 3 rings (SSSR count). The Hall–Kier alpha value is -3.21. The zero-order chi connectivity index (χ0) is 18.7. The number of hydrogen-bond acceptors (Lipinski definition) is 7. The second-order valence-electron chi connectivity index (χ2n) is 5.26. The molecule has 0 spiro atoms. The number of fused-ring (bicyclic) bond motifs is 1. The molecule has 3 aromatic rings. The largest absolute Gasteiger partial charge is 0.325 e. The molecule has 0 aliphatic heterocycles. The fourth-order valence-electron chi connectivity index (χ4n) is 2.35. The van der Waals surface area contributed by atoms with Crippen LogP contribution in [-0.4, -0.2) is 36.2 Å². The Kier molecular flexibility index (Phi) is 4.98. The van der Waals surface area contributed by atoms with Gasteiger partial charge in [0.15, 0.2) is 5.16 Å². The average Bonchev–Trinajstić information content (AvgIpc) is 3.02. The number of nitro groups is 1. The summed E-state index contributed by atoms with van der Waals surface area (Å²) < 4.78 is 1.69. The first kappa shape index (κ1) is 17.6. The van der Waals surface area contributed by atoms with Crippen LogP contribution in [0.2, 0.25) is 0 Å². The van der Waals surface area contributed by atoms with Crippen molar-refractivity contribution in [2.24, 2.45) is 0 Å². The molecule has 0 aliphatic carbocycles. The number of benzene rings is 1. The maximum Gasteiger partial charge on any atom is 0.271 e. The third-order valence-electron chi connectivity index (χ3n) is 3.49. The predicted molar refractivity (Wildman–Crippen MR) is 95.4 cm³/mol. The van der Waals surface area contributed by atoms with Gasteiger partial charge in [-0.25, -0.2) is 0 Å². The predicted octanol–water partition coefficient (Wildman–Crippen LogP) is 1.62. The number of aromatic nitrogens is 4. The summed E-state index contributed by atoms with van der Waals surface area (Å²) in [5.74, 6) is 0.0110. The molecule has 0 unspecified atom stereocenters. The van der Waals surface area contributed by atoms with Crippen LogP contribution in [0.1, 0.15) is 12.6 Å². The number of nitrogens with zero attached hydrogens (tertiary/aromatic N) is 4. The third-order valence-corrected chi connectivity index (χ3v) is 4.42. The van der Waals surface area contributed by atoms with Crippen molar-refractivity contribution in [3.63, 3.8) is 0 Å². The summed E-state index contributed by atoms with van der Waals surface area (Å²) in [6, 6.07) is 7.16. The van der Waals surface area contributed by atoms with E-state index in [2.05, 4.69) is 20.5 Å². The second-order valence-corrected chi connectivity index (χ2v) is 6.21. The van der Waals surface area contributed by atoms with Crippen LogP contribution in [0.5, 0.6) is 0 Å². The molecule has 1 aromatic carbocycles. The lowest BCUT2D eigenvalue weighted by Crippen LogP contribution is -2.15. The van der Waals surface area contributed by atoms with Crippen LogP contribution in [0.3, 0.4) is 0 Å². The summed E-state index contributed by atoms with van der Waals surface area (Å²) in [5.41, 5.74) is 0.710. The molecule has 0 fully saturated rings. The van der Waals surface area contributed by atoms with Crippen molar-refractivity contribution < 1.29 is 9.72 Å². The van der Waals surface area contributed by atoms with E-state index >= 15 is 0 Å². The number of H-pyrrole nitrogens is 1. The van der Waals surface area contributed by atoms with Gasteiger partial charge in [-0.2, -0.15) is 0 Å². The van der Waals surface area contributed by atoms with Crippen molar-refractivity contribution in [1.82, 2.24) is 19.6 Å². The number of nitrogens with one attached hydrogen (secondary N) is 2. The SMILES string of the molecule is CCc1cc(=O)[nH]c2nnc(SCC(=O)Nc3cccc([N+](=O)[O-])c3)n12. The first-order valence-electron chi connectivity index (χ1n) is 7.62. The molecule has 0 atom stereocenters. The molecule has 134 valence electrons. The van der Waals surface area contributed by atoms with Gasteiger partial charge in [-0.05, 0) is 12.5 Å². The van der Waals surface area contributed by atoms with Gasteiger partial charge >= 0.3 is 0 Å².